The number of halogens is 4. The summed E-state index contributed by atoms with van der Waals surface area (Å²) in [7, 11) is 1.92. The molecule has 0 bridgehead atoms. The molecule has 2 aliphatic rings. The van der Waals surface area contributed by atoms with Gasteiger partial charge in [0.2, 0.25) is 6.61 Å². The van der Waals surface area contributed by atoms with Gasteiger partial charge in [-0.25, -0.2) is 4.39 Å². The van der Waals surface area contributed by atoms with Crippen LogP contribution in [0.25, 0.3) is 0 Å². The summed E-state index contributed by atoms with van der Waals surface area (Å²) in [6.45, 7) is -0.741. The number of carbonyl (C=O) groups excluding carboxylic acids is 1. The third-order valence-electron chi connectivity index (χ3n) is 6.29. The van der Waals surface area contributed by atoms with Crippen molar-refractivity contribution in [2.75, 3.05) is 31.6 Å². The van der Waals surface area contributed by atoms with Crippen molar-refractivity contribution in [2.45, 2.75) is 31.6 Å². The number of rotatable bonds is 7. The first-order valence-corrected chi connectivity index (χ1v) is 11.9. The van der Waals surface area contributed by atoms with E-state index in [4.69, 9.17) is 0 Å². The van der Waals surface area contributed by atoms with Gasteiger partial charge in [-0.05, 0) is 49.2 Å². The molecule has 1 fully saturated rings. The number of hydrogen-bond acceptors (Lipinski definition) is 6. The van der Waals surface area contributed by atoms with Gasteiger partial charge in [-0.15, -0.1) is 0 Å². The Morgan fingerprint density at radius 2 is 1.76 bits per heavy atom. The van der Waals surface area contributed by atoms with Crippen LogP contribution in [0.5, 0.6) is 0 Å². The second-order valence-electron chi connectivity index (χ2n) is 8.86. The van der Waals surface area contributed by atoms with Crippen LogP contribution in [0.4, 0.5) is 28.9 Å². The molecule has 0 saturated carbocycles. The van der Waals surface area contributed by atoms with Crippen LogP contribution in [0, 0.1) is 5.92 Å². The Morgan fingerprint density at radius 3 is 2.35 bits per heavy atom. The maximum absolute atomic E-state index is 13.5. The van der Waals surface area contributed by atoms with E-state index in [1.807, 2.05) is 36.2 Å². The van der Waals surface area contributed by atoms with Crippen molar-refractivity contribution >= 4 is 29.2 Å². The number of nitrogens with zero attached hydrogens (tertiary/aromatic N) is 5. The molecule has 11 heteroatoms. The highest BCUT2D eigenvalue weighted by Gasteiger charge is 2.32. The lowest BCUT2D eigenvalue weighted by molar-refractivity contribution is -0.173. The number of carbonyl (C=O) groups is 1. The quantitative estimate of drug-likeness (QED) is 0.283. The summed E-state index contributed by atoms with van der Waals surface area (Å²) < 4.78 is 51.1. The fourth-order valence-electron chi connectivity index (χ4n) is 4.26. The van der Waals surface area contributed by atoms with E-state index in [9.17, 15) is 22.4 Å². The number of amides is 1. The molecule has 2 aromatic rings. The molecular formula is C26H27F4N5O2. The SMILES string of the molecule is CN(c1ccncc1)c1ccc(C(=O)N2CCC(/C(=N\OCC(F)(F)F)C3=CCC(F)C=N3)CC2)cc1. The van der Waals surface area contributed by atoms with Gasteiger partial charge in [0.05, 0.1) is 5.70 Å². The molecule has 1 unspecified atom stereocenters. The number of aliphatic imine (C=N–C) groups is 1. The smallest absolute Gasteiger partial charge is 0.386 e. The number of piperidine rings is 1. The molecule has 1 atom stereocenters. The molecule has 2 aliphatic heterocycles. The number of hydrogen-bond donors (Lipinski definition) is 0. The zero-order chi connectivity index (χ0) is 26.4. The van der Waals surface area contributed by atoms with Crippen molar-refractivity contribution in [3.8, 4) is 0 Å². The molecule has 1 aromatic heterocycles. The van der Waals surface area contributed by atoms with E-state index in [0.29, 0.717) is 37.2 Å². The topological polar surface area (TPSA) is 70.4 Å². The lowest BCUT2D eigenvalue weighted by Gasteiger charge is -2.33. The Morgan fingerprint density at radius 1 is 1.11 bits per heavy atom. The van der Waals surface area contributed by atoms with E-state index in [2.05, 4.69) is 20.0 Å². The second kappa shape index (κ2) is 11.5. The van der Waals surface area contributed by atoms with Crippen LogP contribution in [-0.4, -0.2) is 66.8 Å². The molecule has 1 saturated heterocycles. The minimum atomic E-state index is -4.53. The predicted octanol–water partition coefficient (Wildman–Crippen LogP) is 5.33. The Kier molecular flexibility index (Phi) is 8.20. The van der Waals surface area contributed by atoms with E-state index >= 15 is 0 Å². The summed E-state index contributed by atoms with van der Waals surface area (Å²) in [6.07, 6.45) is 1.29. The lowest BCUT2D eigenvalue weighted by atomic mass is 9.89. The molecule has 1 amide bonds. The Hall–Kier alpha value is -3.76. The number of oxime groups is 1. The van der Waals surface area contributed by atoms with Gasteiger partial charge in [-0.3, -0.25) is 14.8 Å². The summed E-state index contributed by atoms with van der Waals surface area (Å²) in [5, 5.41) is 3.74. The predicted molar refractivity (Wildman–Crippen MR) is 133 cm³/mol. The normalized spacial score (nSPS) is 18.9. The van der Waals surface area contributed by atoms with Gasteiger partial charge in [0.25, 0.3) is 5.91 Å². The summed E-state index contributed by atoms with van der Waals surface area (Å²) in [4.78, 5) is 29.4. The van der Waals surface area contributed by atoms with Crippen molar-refractivity contribution in [3.63, 3.8) is 0 Å². The van der Waals surface area contributed by atoms with E-state index in [1.165, 1.54) is 6.08 Å². The van der Waals surface area contributed by atoms with Gasteiger partial charge < -0.3 is 14.6 Å². The molecule has 1 aromatic carbocycles. The highest BCUT2D eigenvalue weighted by molar-refractivity contribution is 6.03. The molecule has 0 spiro atoms. The zero-order valence-electron chi connectivity index (χ0n) is 20.2. The minimum absolute atomic E-state index is 0.0702. The zero-order valence-corrected chi connectivity index (χ0v) is 20.2. The van der Waals surface area contributed by atoms with Crippen LogP contribution in [0.15, 0.2) is 70.7 Å². The number of anilines is 2. The maximum Gasteiger partial charge on any atom is 0.425 e. The van der Waals surface area contributed by atoms with Crippen LogP contribution in [0.2, 0.25) is 0 Å². The van der Waals surface area contributed by atoms with Gasteiger partial charge in [-0.1, -0.05) is 11.2 Å². The average molecular weight is 518 g/mol. The van der Waals surface area contributed by atoms with Crippen LogP contribution in [0.3, 0.4) is 0 Å². The van der Waals surface area contributed by atoms with E-state index in [1.54, 1.807) is 29.4 Å². The average Bonchev–Trinajstić information content (AvgIpc) is 2.91. The molecular weight excluding hydrogens is 490 g/mol. The van der Waals surface area contributed by atoms with E-state index in [0.717, 1.165) is 17.6 Å². The lowest BCUT2D eigenvalue weighted by Crippen LogP contribution is -2.40. The van der Waals surface area contributed by atoms with Crippen LogP contribution in [-0.2, 0) is 4.84 Å². The number of pyridine rings is 1. The second-order valence-corrected chi connectivity index (χ2v) is 8.86. The van der Waals surface area contributed by atoms with Gasteiger partial charge in [-0.2, -0.15) is 13.2 Å². The number of aromatic nitrogens is 1. The Labute approximate surface area is 212 Å². The van der Waals surface area contributed by atoms with Gasteiger partial charge >= 0.3 is 6.18 Å². The molecule has 0 aliphatic carbocycles. The van der Waals surface area contributed by atoms with Gasteiger partial charge in [0, 0.05) is 68.0 Å². The molecule has 0 radical (unpaired) electrons. The van der Waals surface area contributed by atoms with Gasteiger partial charge in [0.15, 0.2) is 0 Å². The monoisotopic (exact) mass is 517 g/mol. The number of alkyl halides is 4. The van der Waals surface area contributed by atoms with E-state index in [-0.39, 0.29) is 24.0 Å². The third-order valence-corrected chi connectivity index (χ3v) is 6.29. The summed E-state index contributed by atoms with van der Waals surface area (Å²) in [6, 6.07) is 11.1. The van der Waals surface area contributed by atoms with Gasteiger partial charge in [0.1, 0.15) is 11.9 Å². The van der Waals surface area contributed by atoms with Crippen LogP contribution < -0.4 is 4.90 Å². The molecule has 3 heterocycles. The summed E-state index contributed by atoms with van der Waals surface area (Å²) in [5.74, 6) is -0.396. The first-order valence-electron chi connectivity index (χ1n) is 11.9. The maximum atomic E-state index is 13.5. The molecule has 37 heavy (non-hydrogen) atoms. The minimum Gasteiger partial charge on any atom is -0.386 e. The molecule has 7 nitrogen and oxygen atoms in total. The van der Waals surface area contributed by atoms with Crippen molar-refractivity contribution < 1.29 is 27.2 Å². The van der Waals surface area contributed by atoms with Crippen molar-refractivity contribution in [1.82, 2.24) is 9.88 Å². The summed E-state index contributed by atoms with van der Waals surface area (Å²) >= 11 is 0. The van der Waals surface area contributed by atoms with Crippen molar-refractivity contribution in [2.24, 2.45) is 16.1 Å². The van der Waals surface area contributed by atoms with Crippen LogP contribution in [0.1, 0.15) is 29.6 Å². The van der Waals surface area contributed by atoms with Crippen molar-refractivity contribution in [1.29, 1.82) is 0 Å². The standard InChI is InChI=1S/C26H27F4N5O2/c1-34(22-8-12-31-13-9-22)21-5-2-19(3-6-21)25(36)35-14-10-18(11-15-35)24(33-37-17-26(28,29)30)23-7-4-20(27)16-32-23/h2-3,5-9,12-13,16,18,20H,4,10-11,14-15,17H2,1H3/b33-24+. The first kappa shape index (κ1) is 26.3. The highest BCUT2D eigenvalue weighted by Crippen LogP contribution is 2.28. The largest absolute Gasteiger partial charge is 0.425 e. The van der Waals surface area contributed by atoms with Crippen LogP contribution >= 0.6 is 0 Å². The molecule has 0 N–H and O–H groups in total. The number of likely N-dealkylation sites (tertiary alicyclic amines) is 1. The number of benzene rings is 1. The van der Waals surface area contributed by atoms with Crippen molar-refractivity contribution in [3.05, 3.63) is 66.1 Å². The fraction of sp³-hybridized carbons (Fsp3) is 0.385. The highest BCUT2D eigenvalue weighted by atomic mass is 19.4. The third kappa shape index (κ3) is 6.93. The number of allylic oxidation sites excluding steroid dienone is 2. The fourth-order valence-corrected chi connectivity index (χ4v) is 4.26. The molecule has 196 valence electrons. The Balaban J connectivity index is 1.39. The Bertz CT molecular complexity index is 1160. The first-order chi connectivity index (χ1) is 17.7. The molecule has 4 rings (SSSR count). The van der Waals surface area contributed by atoms with E-state index < -0.39 is 19.0 Å². The summed E-state index contributed by atoms with van der Waals surface area (Å²) in [5.41, 5.74) is 2.99.